The van der Waals surface area contributed by atoms with Crippen molar-refractivity contribution >= 4 is 17.3 Å². The normalized spacial score (nSPS) is 10.1. The van der Waals surface area contributed by atoms with Crippen LogP contribution >= 0.6 is 11.3 Å². The van der Waals surface area contributed by atoms with Crippen LogP contribution in [0.5, 0.6) is 5.75 Å². The first-order valence-electron chi connectivity index (χ1n) is 4.68. The lowest BCUT2D eigenvalue weighted by Gasteiger charge is -2.03. The summed E-state index contributed by atoms with van der Waals surface area (Å²) in [5, 5.41) is 10.8. The van der Waals surface area contributed by atoms with Gasteiger partial charge in [-0.1, -0.05) is 30.3 Å². The highest BCUT2D eigenvalue weighted by Crippen LogP contribution is 2.37. The van der Waals surface area contributed by atoms with Crippen molar-refractivity contribution in [3.05, 3.63) is 40.6 Å². The Balaban J connectivity index is 2.54. The number of rotatable bonds is 3. The minimum absolute atomic E-state index is 0.237. The molecule has 1 N–H and O–H groups in total. The second kappa shape index (κ2) is 4.37. The van der Waals surface area contributed by atoms with E-state index in [1.54, 1.807) is 5.38 Å². The standard InChI is InChI=1S/C12H10O3S/c1-15-10-9(7-16-11(10)12(13)14)8-5-3-2-4-6-8/h2-7H,1H3,(H,13,14). The monoisotopic (exact) mass is 234 g/mol. The van der Waals surface area contributed by atoms with Crippen LogP contribution in [0.2, 0.25) is 0 Å². The summed E-state index contributed by atoms with van der Waals surface area (Å²) in [6.45, 7) is 0. The van der Waals surface area contributed by atoms with Gasteiger partial charge in [0.2, 0.25) is 0 Å². The van der Waals surface area contributed by atoms with Gasteiger partial charge < -0.3 is 9.84 Å². The molecule has 0 saturated heterocycles. The molecule has 0 spiro atoms. The molecule has 3 nitrogen and oxygen atoms in total. The van der Waals surface area contributed by atoms with Gasteiger partial charge in [-0.3, -0.25) is 0 Å². The first kappa shape index (κ1) is 10.7. The van der Waals surface area contributed by atoms with Gasteiger partial charge in [0.15, 0.2) is 10.6 Å². The van der Waals surface area contributed by atoms with Gasteiger partial charge in [0.25, 0.3) is 0 Å². The Labute approximate surface area is 96.9 Å². The van der Waals surface area contributed by atoms with E-state index >= 15 is 0 Å². The third-order valence-corrected chi connectivity index (χ3v) is 3.18. The minimum Gasteiger partial charge on any atom is -0.494 e. The van der Waals surface area contributed by atoms with E-state index in [0.717, 1.165) is 11.1 Å². The molecule has 0 radical (unpaired) electrons. The van der Waals surface area contributed by atoms with Crippen LogP contribution in [0, 0.1) is 0 Å². The van der Waals surface area contributed by atoms with E-state index in [9.17, 15) is 4.79 Å². The second-order valence-corrected chi connectivity index (χ2v) is 4.06. The number of carbonyl (C=O) groups is 1. The Hall–Kier alpha value is -1.81. The van der Waals surface area contributed by atoms with Crippen molar-refractivity contribution in [3.8, 4) is 16.9 Å². The average Bonchev–Trinajstić information content (AvgIpc) is 2.73. The lowest BCUT2D eigenvalue weighted by Crippen LogP contribution is -1.96. The predicted octanol–water partition coefficient (Wildman–Crippen LogP) is 3.12. The first-order chi connectivity index (χ1) is 7.74. The lowest BCUT2D eigenvalue weighted by atomic mass is 10.1. The van der Waals surface area contributed by atoms with E-state index in [4.69, 9.17) is 9.84 Å². The third-order valence-electron chi connectivity index (χ3n) is 2.23. The molecule has 82 valence electrons. The van der Waals surface area contributed by atoms with Crippen LogP contribution < -0.4 is 4.74 Å². The summed E-state index contributed by atoms with van der Waals surface area (Å²) < 4.78 is 5.16. The van der Waals surface area contributed by atoms with E-state index in [1.165, 1.54) is 18.4 Å². The van der Waals surface area contributed by atoms with E-state index in [0.29, 0.717) is 5.75 Å². The number of carboxylic acids is 1. The van der Waals surface area contributed by atoms with Crippen LogP contribution in [-0.2, 0) is 0 Å². The summed E-state index contributed by atoms with van der Waals surface area (Å²) >= 11 is 1.18. The van der Waals surface area contributed by atoms with Crippen molar-refractivity contribution in [1.82, 2.24) is 0 Å². The molecule has 2 rings (SSSR count). The maximum absolute atomic E-state index is 11.0. The topological polar surface area (TPSA) is 46.5 Å². The Bertz CT molecular complexity index is 502. The number of aromatic carboxylic acids is 1. The van der Waals surface area contributed by atoms with Crippen molar-refractivity contribution in [2.24, 2.45) is 0 Å². The van der Waals surface area contributed by atoms with Gasteiger partial charge in [0.05, 0.1) is 7.11 Å². The lowest BCUT2D eigenvalue weighted by molar-refractivity contribution is 0.0699. The van der Waals surface area contributed by atoms with Crippen LogP contribution in [0.1, 0.15) is 9.67 Å². The highest BCUT2D eigenvalue weighted by atomic mass is 32.1. The van der Waals surface area contributed by atoms with Crippen LogP contribution in [0.4, 0.5) is 0 Å². The summed E-state index contributed by atoms with van der Waals surface area (Å²) in [5.41, 5.74) is 1.79. The summed E-state index contributed by atoms with van der Waals surface area (Å²) in [4.78, 5) is 11.2. The van der Waals surface area contributed by atoms with Gasteiger partial charge >= 0.3 is 5.97 Å². The molecule has 0 fully saturated rings. The molecular formula is C12H10O3S. The number of methoxy groups -OCH3 is 1. The van der Waals surface area contributed by atoms with Crippen LogP contribution in [0.25, 0.3) is 11.1 Å². The minimum atomic E-state index is -0.955. The Morgan fingerprint density at radius 1 is 1.31 bits per heavy atom. The highest BCUT2D eigenvalue weighted by Gasteiger charge is 2.18. The molecule has 0 amide bonds. The highest BCUT2D eigenvalue weighted by molar-refractivity contribution is 7.12. The second-order valence-electron chi connectivity index (χ2n) is 3.18. The fourth-order valence-corrected chi connectivity index (χ4v) is 2.39. The zero-order chi connectivity index (χ0) is 11.5. The van der Waals surface area contributed by atoms with Crippen molar-refractivity contribution < 1.29 is 14.6 Å². The molecule has 16 heavy (non-hydrogen) atoms. The Morgan fingerprint density at radius 3 is 2.56 bits per heavy atom. The maximum Gasteiger partial charge on any atom is 0.349 e. The Morgan fingerprint density at radius 2 is 2.00 bits per heavy atom. The van der Waals surface area contributed by atoms with Gasteiger partial charge in [-0.25, -0.2) is 4.79 Å². The average molecular weight is 234 g/mol. The molecular weight excluding hydrogens is 224 g/mol. The molecule has 1 aromatic heterocycles. The fourth-order valence-electron chi connectivity index (χ4n) is 1.51. The number of carboxylic acid groups (broad SMARTS) is 1. The molecule has 0 aliphatic rings. The smallest absolute Gasteiger partial charge is 0.349 e. The quantitative estimate of drug-likeness (QED) is 0.887. The van der Waals surface area contributed by atoms with Crippen LogP contribution in [0.15, 0.2) is 35.7 Å². The van der Waals surface area contributed by atoms with Crippen molar-refractivity contribution in [1.29, 1.82) is 0 Å². The zero-order valence-corrected chi connectivity index (χ0v) is 9.45. The van der Waals surface area contributed by atoms with Gasteiger partial charge in [0, 0.05) is 10.9 Å². The van der Waals surface area contributed by atoms with Gasteiger partial charge in [-0.05, 0) is 5.56 Å². The maximum atomic E-state index is 11.0. The van der Waals surface area contributed by atoms with E-state index in [-0.39, 0.29) is 4.88 Å². The summed E-state index contributed by atoms with van der Waals surface area (Å²) in [7, 11) is 1.49. The van der Waals surface area contributed by atoms with Gasteiger partial charge in [0.1, 0.15) is 0 Å². The Kier molecular flexibility index (Phi) is 2.92. The van der Waals surface area contributed by atoms with E-state index < -0.39 is 5.97 Å². The molecule has 1 aromatic carbocycles. The molecule has 0 aliphatic heterocycles. The fraction of sp³-hybridized carbons (Fsp3) is 0.0833. The SMILES string of the molecule is COc1c(-c2ccccc2)csc1C(=O)O. The summed E-state index contributed by atoms with van der Waals surface area (Å²) in [6.07, 6.45) is 0. The molecule has 1 heterocycles. The molecule has 2 aromatic rings. The van der Waals surface area contributed by atoms with Gasteiger partial charge in [-0.2, -0.15) is 0 Å². The number of hydrogen-bond donors (Lipinski definition) is 1. The number of thiophene rings is 1. The zero-order valence-electron chi connectivity index (χ0n) is 8.64. The van der Waals surface area contributed by atoms with E-state index in [1.807, 2.05) is 30.3 Å². The molecule has 0 atom stereocenters. The van der Waals surface area contributed by atoms with Crippen LogP contribution in [0.3, 0.4) is 0 Å². The summed E-state index contributed by atoms with van der Waals surface area (Å²) in [5.74, 6) is -0.521. The largest absolute Gasteiger partial charge is 0.494 e. The van der Waals surface area contributed by atoms with Crippen molar-refractivity contribution in [2.75, 3.05) is 7.11 Å². The molecule has 4 heteroatoms. The van der Waals surface area contributed by atoms with Crippen LogP contribution in [-0.4, -0.2) is 18.2 Å². The summed E-state index contributed by atoms with van der Waals surface area (Å²) in [6, 6.07) is 9.59. The predicted molar refractivity (Wildman–Crippen MR) is 63.3 cm³/mol. The molecule has 0 unspecified atom stereocenters. The van der Waals surface area contributed by atoms with Crippen molar-refractivity contribution in [3.63, 3.8) is 0 Å². The number of ether oxygens (including phenoxy) is 1. The first-order valence-corrected chi connectivity index (χ1v) is 5.56. The number of hydrogen-bond acceptors (Lipinski definition) is 3. The molecule has 0 saturated carbocycles. The third kappa shape index (κ3) is 1.79. The van der Waals surface area contributed by atoms with Crippen molar-refractivity contribution in [2.45, 2.75) is 0 Å². The molecule has 0 aliphatic carbocycles. The molecule has 0 bridgehead atoms. The number of benzene rings is 1. The van der Waals surface area contributed by atoms with Gasteiger partial charge in [-0.15, -0.1) is 11.3 Å². The van der Waals surface area contributed by atoms with E-state index in [2.05, 4.69) is 0 Å².